The molecule has 0 spiro atoms. The lowest BCUT2D eigenvalue weighted by Crippen LogP contribution is -2.04. The van der Waals surface area contributed by atoms with Gasteiger partial charge in [-0.3, -0.25) is 4.98 Å². The Hall–Kier alpha value is -1.90. The molecule has 1 aromatic carbocycles. The highest BCUT2D eigenvalue weighted by Crippen LogP contribution is 2.09. The molecule has 18 heavy (non-hydrogen) atoms. The van der Waals surface area contributed by atoms with Crippen molar-refractivity contribution in [3.63, 3.8) is 0 Å². The minimum absolute atomic E-state index is 0.779. The number of benzene rings is 1. The fraction of sp³-hybridized carbons (Fsp3) is 0.333. The highest BCUT2D eigenvalue weighted by atomic mass is 15.0. The van der Waals surface area contributed by atoms with Gasteiger partial charge in [-0.05, 0) is 31.4 Å². The molecule has 0 aliphatic rings. The maximum absolute atomic E-state index is 4.45. The fourth-order valence-corrected chi connectivity index (χ4v) is 1.71. The first kappa shape index (κ1) is 12.6. The number of nitrogens with one attached hydrogen (secondary N) is 1. The van der Waals surface area contributed by atoms with Gasteiger partial charge in [0.1, 0.15) is 5.82 Å². The van der Waals surface area contributed by atoms with Gasteiger partial charge in [0.05, 0.1) is 17.6 Å². The van der Waals surface area contributed by atoms with E-state index in [1.165, 1.54) is 11.1 Å². The van der Waals surface area contributed by atoms with Gasteiger partial charge in [0.2, 0.25) is 0 Å². The second-order valence-electron chi connectivity index (χ2n) is 4.45. The van der Waals surface area contributed by atoms with Crippen LogP contribution in [-0.2, 0) is 13.0 Å². The van der Waals surface area contributed by atoms with Gasteiger partial charge in [-0.1, -0.05) is 31.2 Å². The Balaban J connectivity index is 1.99. The Labute approximate surface area is 108 Å². The van der Waals surface area contributed by atoms with E-state index in [0.29, 0.717) is 0 Å². The quantitative estimate of drug-likeness (QED) is 0.892. The van der Waals surface area contributed by atoms with Crippen LogP contribution in [0.15, 0.2) is 30.5 Å². The Morgan fingerprint density at radius 3 is 2.28 bits per heavy atom. The van der Waals surface area contributed by atoms with Gasteiger partial charge in [0, 0.05) is 6.54 Å². The minimum Gasteiger partial charge on any atom is -0.365 e. The molecule has 1 N–H and O–H groups in total. The predicted molar refractivity (Wildman–Crippen MR) is 74.7 cm³/mol. The van der Waals surface area contributed by atoms with Gasteiger partial charge in [-0.2, -0.15) is 0 Å². The van der Waals surface area contributed by atoms with Crippen LogP contribution in [0.3, 0.4) is 0 Å². The monoisotopic (exact) mass is 241 g/mol. The van der Waals surface area contributed by atoms with Gasteiger partial charge in [-0.25, -0.2) is 4.98 Å². The largest absolute Gasteiger partial charge is 0.365 e. The summed E-state index contributed by atoms with van der Waals surface area (Å²) in [6.45, 7) is 6.89. The average Bonchev–Trinajstić information content (AvgIpc) is 2.41. The lowest BCUT2D eigenvalue weighted by Gasteiger charge is -2.07. The van der Waals surface area contributed by atoms with Crippen molar-refractivity contribution >= 4 is 5.82 Å². The van der Waals surface area contributed by atoms with E-state index in [-0.39, 0.29) is 0 Å². The summed E-state index contributed by atoms with van der Waals surface area (Å²) >= 11 is 0. The number of rotatable bonds is 4. The lowest BCUT2D eigenvalue weighted by molar-refractivity contribution is 1.01. The molecule has 2 rings (SSSR count). The third-order valence-corrected chi connectivity index (χ3v) is 3.10. The Kier molecular flexibility index (Phi) is 3.92. The molecule has 2 aromatic rings. The van der Waals surface area contributed by atoms with Crippen LogP contribution in [-0.4, -0.2) is 9.97 Å². The smallest absolute Gasteiger partial charge is 0.145 e. The maximum Gasteiger partial charge on any atom is 0.145 e. The van der Waals surface area contributed by atoms with E-state index in [0.717, 1.165) is 30.2 Å². The van der Waals surface area contributed by atoms with Crippen LogP contribution in [0.2, 0.25) is 0 Å². The molecular formula is C15H19N3. The van der Waals surface area contributed by atoms with E-state index in [1.807, 2.05) is 13.8 Å². The maximum atomic E-state index is 4.45. The fourth-order valence-electron chi connectivity index (χ4n) is 1.71. The third-order valence-electron chi connectivity index (χ3n) is 3.10. The standard InChI is InChI=1S/C15H19N3/c1-4-13-5-7-14(8-6-13)9-17-15-10-16-11(2)12(3)18-15/h5-8,10H,4,9H2,1-3H3,(H,17,18). The summed E-state index contributed by atoms with van der Waals surface area (Å²) < 4.78 is 0. The molecule has 1 heterocycles. The highest BCUT2D eigenvalue weighted by Gasteiger charge is 1.99. The van der Waals surface area contributed by atoms with Crippen LogP contribution in [0.25, 0.3) is 0 Å². The number of anilines is 1. The van der Waals surface area contributed by atoms with E-state index >= 15 is 0 Å². The zero-order chi connectivity index (χ0) is 13.0. The van der Waals surface area contributed by atoms with Gasteiger partial charge >= 0.3 is 0 Å². The number of nitrogens with zero attached hydrogens (tertiary/aromatic N) is 2. The second-order valence-corrected chi connectivity index (χ2v) is 4.45. The SMILES string of the molecule is CCc1ccc(CNc2cnc(C)c(C)n2)cc1. The Morgan fingerprint density at radius 2 is 1.67 bits per heavy atom. The van der Waals surface area contributed by atoms with Crippen LogP contribution >= 0.6 is 0 Å². The summed E-state index contributed by atoms with van der Waals surface area (Å²) in [5.41, 5.74) is 4.58. The van der Waals surface area contributed by atoms with Crippen LogP contribution < -0.4 is 5.32 Å². The molecule has 0 amide bonds. The lowest BCUT2D eigenvalue weighted by atomic mass is 10.1. The first-order valence-electron chi connectivity index (χ1n) is 6.31. The van der Waals surface area contributed by atoms with Crippen molar-refractivity contribution in [2.75, 3.05) is 5.32 Å². The summed E-state index contributed by atoms with van der Waals surface area (Å²) in [5, 5.41) is 3.29. The normalized spacial score (nSPS) is 10.4. The molecule has 3 nitrogen and oxygen atoms in total. The van der Waals surface area contributed by atoms with Crippen molar-refractivity contribution in [1.82, 2.24) is 9.97 Å². The number of hydrogen-bond acceptors (Lipinski definition) is 3. The molecule has 0 aliphatic carbocycles. The first-order chi connectivity index (χ1) is 8.69. The third kappa shape index (κ3) is 3.06. The summed E-state index contributed by atoms with van der Waals surface area (Å²) in [6, 6.07) is 8.65. The summed E-state index contributed by atoms with van der Waals surface area (Å²) in [5.74, 6) is 0.831. The number of aryl methyl sites for hydroxylation is 3. The van der Waals surface area contributed by atoms with Crippen LogP contribution in [0.4, 0.5) is 5.82 Å². The molecule has 3 heteroatoms. The first-order valence-corrected chi connectivity index (χ1v) is 6.31. The van der Waals surface area contributed by atoms with Crippen molar-refractivity contribution in [2.24, 2.45) is 0 Å². The molecule has 1 aromatic heterocycles. The van der Waals surface area contributed by atoms with Crippen LogP contribution in [0.1, 0.15) is 29.4 Å². The van der Waals surface area contributed by atoms with Gasteiger partial charge in [-0.15, -0.1) is 0 Å². The molecule has 0 fully saturated rings. The molecule has 0 saturated carbocycles. The van der Waals surface area contributed by atoms with E-state index in [4.69, 9.17) is 0 Å². The van der Waals surface area contributed by atoms with Crippen LogP contribution in [0.5, 0.6) is 0 Å². The van der Waals surface area contributed by atoms with E-state index in [2.05, 4.69) is 46.5 Å². The highest BCUT2D eigenvalue weighted by molar-refractivity contribution is 5.35. The molecule has 0 unspecified atom stereocenters. The van der Waals surface area contributed by atoms with E-state index in [1.54, 1.807) is 6.20 Å². The van der Waals surface area contributed by atoms with Crippen LogP contribution in [0, 0.1) is 13.8 Å². The second kappa shape index (κ2) is 5.63. The predicted octanol–water partition coefficient (Wildman–Crippen LogP) is 3.27. The molecule has 0 radical (unpaired) electrons. The van der Waals surface area contributed by atoms with Crippen molar-refractivity contribution in [2.45, 2.75) is 33.7 Å². The van der Waals surface area contributed by atoms with Gasteiger partial charge in [0.25, 0.3) is 0 Å². The van der Waals surface area contributed by atoms with Gasteiger partial charge in [0.15, 0.2) is 0 Å². The van der Waals surface area contributed by atoms with E-state index < -0.39 is 0 Å². The molecule has 0 bridgehead atoms. The molecule has 0 atom stereocenters. The van der Waals surface area contributed by atoms with Crippen molar-refractivity contribution < 1.29 is 0 Å². The summed E-state index contributed by atoms with van der Waals surface area (Å²) in [4.78, 5) is 8.74. The Bertz CT molecular complexity index is 518. The van der Waals surface area contributed by atoms with Crippen molar-refractivity contribution in [3.05, 3.63) is 53.0 Å². The zero-order valence-electron chi connectivity index (χ0n) is 11.2. The molecule has 94 valence electrons. The topological polar surface area (TPSA) is 37.8 Å². The average molecular weight is 241 g/mol. The molecule has 0 aliphatic heterocycles. The summed E-state index contributed by atoms with van der Waals surface area (Å²) in [7, 11) is 0. The van der Waals surface area contributed by atoms with Crippen molar-refractivity contribution in [1.29, 1.82) is 0 Å². The Morgan fingerprint density at radius 1 is 1.00 bits per heavy atom. The van der Waals surface area contributed by atoms with E-state index in [9.17, 15) is 0 Å². The van der Waals surface area contributed by atoms with Crippen molar-refractivity contribution in [3.8, 4) is 0 Å². The number of hydrogen-bond donors (Lipinski definition) is 1. The zero-order valence-corrected chi connectivity index (χ0v) is 11.2. The minimum atomic E-state index is 0.779. The van der Waals surface area contributed by atoms with Gasteiger partial charge < -0.3 is 5.32 Å². The number of aromatic nitrogens is 2. The summed E-state index contributed by atoms with van der Waals surface area (Å²) in [6.07, 6.45) is 2.86. The molecule has 0 saturated heterocycles. The molecular weight excluding hydrogens is 222 g/mol.